The number of methoxy groups -OCH3 is 1. The van der Waals surface area contributed by atoms with E-state index >= 15 is 0 Å². The van der Waals surface area contributed by atoms with Crippen LogP contribution in [-0.4, -0.2) is 54.4 Å². The van der Waals surface area contributed by atoms with Gasteiger partial charge in [0.05, 0.1) is 22.9 Å². The highest BCUT2D eigenvalue weighted by atomic mass is 35.5. The maximum absolute atomic E-state index is 14.7. The molecule has 1 fully saturated rings. The minimum Gasteiger partial charge on any atom is -0.496 e. The third-order valence-corrected chi connectivity index (χ3v) is 10.0. The van der Waals surface area contributed by atoms with E-state index in [1.165, 1.54) is 6.92 Å². The van der Waals surface area contributed by atoms with E-state index in [9.17, 15) is 18.4 Å². The van der Waals surface area contributed by atoms with Crippen molar-refractivity contribution >= 4 is 56.4 Å². The molecule has 0 aliphatic heterocycles. The molecule has 1 heterocycles. The van der Waals surface area contributed by atoms with Crippen molar-refractivity contribution in [1.29, 1.82) is 0 Å². The molecule has 3 aromatic carbocycles. The van der Waals surface area contributed by atoms with Crippen LogP contribution in [0.4, 0.5) is 20.2 Å². The van der Waals surface area contributed by atoms with Crippen molar-refractivity contribution < 1.29 is 23.1 Å². The predicted molar refractivity (Wildman–Crippen MR) is 173 cm³/mol. The maximum atomic E-state index is 14.7. The monoisotopic (exact) mass is 640 g/mol. The summed E-state index contributed by atoms with van der Waals surface area (Å²) < 4.78 is 36.8. The first-order valence-electron chi connectivity index (χ1n) is 14.4. The molecule has 4 aromatic rings. The van der Waals surface area contributed by atoms with E-state index < -0.39 is 11.6 Å². The van der Waals surface area contributed by atoms with Gasteiger partial charge in [-0.25, -0.2) is 13.2 Å². The highest BCUT2D eigenvalue weighted by molar-refractivity contribution is 7.21. The number of carbonyl (C=O) groups excluding carboxylic acids is 2. The normalized spacial score (nSPS) is 16.7. The summed E-state index contributed by atoms with van der Waals surface area (Å²) in [7, 11) is 5.13. The van der Waals surface area contributed by atoms with E-state index in [1.54, 1.807) is 28.4 Å². The van der Waals surface area contributed by atoms with Crippen molar-refractivity contribution in [3.05, 3.63) is 76.7 Å². The quantitative estimate of drug-likeness (QED) is 0.202. The number of halogens is 3. The number of nitrogens with two attached hydrogens (primary N) is 1. The fourth-order valence-electron chi connectivity index (χ4n) is 5.86. The highest BCUT2D eigenvalue weighted by Crippen LogP contribution is 2.40. The van der Waals surface area contributed by atoms with Crippen LogP contribution in [0.15, 0.2) is 54.6 Å². The largest absolute Gasteiger partial charge is 0.496 e. The zero-order valence-electron chi connectivity index (χ0n) is 25.1. The van der Waals surface area contributed by atoms with Gasteiger partial charge in [-0.3, -0.25) is 9.59 Å². The van der Waals surface area contributed by atoms with Crippen LogP contribution in [0.1, 0.15) is 47.8 Å². The number of amides is 2. The van der Waals surface area contributed by atoms with E-state index in [2.05, 4.69) is 0 Å². The lowest BCUT2D eigenvalue weighted by Crippen LogP contribution is -2.44. The Labute approximate surface area is 264 Å². The minimum absolute atomic E-state index is 0.0247. The van der Waals surface area contributed by atoms with Crippen LogP contribution in [-0.2, 0) is 11.3 Å². The summed E-state index contributed by atoms with van der Waals surface area (Å²) in [4.78, 5) is 29.5. The fraction of sp³-hybridized carbons (Fsp3) is 0.333. The molecule has 0 spiro atoms. The Balaban J connectivity index is 1.53. The molecule has 2 amide bonds. The van der Waals surface area contributed by atoms with Crippen LogP contribution in [0.5, 0.6) is 5.75 Å². The van der Waals surface area contributed by atoms with E-state index in [0.29, 0.717) is 18.6 Å². The third-order valence-electron chi connectivity index (χ3n) is 8.52. The SMILES string of the molecule is COc1ccc(-c2ccc(N(C)C(C)=O)cc2)cc1CN(C(=O)c1sc2c(F)ccc(F)c2c1N)[C@H]1CC[C@H](N(C)Cl)CC1. The number of hydrogen-bond donors (Lipinski definition) is 1. The van der Waals surface area contributed by atoms with Gasteiger partial charge in [-0.05, 0) is 85.0 Å². The Hall–Kier alpha value is -3.73. The number of hydrogen-bond acceptors (Lipinski definition) is 6. The summed E-state index contributed by atoms with van der Waals surface area (Å²) in [6.45, 7) is 1.71. The van der Waals surface area contributed by atoms with Crippen LogP contribution in [0, 0.1) is 11.6 Å². The molecule has 0 saturated heterocycles. The van der Waals surface area contributed by atoms with Gasteiger partial charge in [0, 0.05) is 50.9 Å². The lowest BCUT2D eigenvalue weighted by molar-refractivity contribution is -0.116. The summed E-state index contributed by atoms with van der Waals surface area (Å²) in [6, 6.07) is 15.5. The Bertz CT molecular complexity index is 1690. The zero-order chi connectivity index (χ0) is 31.7. The molecule has 1 aliphatic rings. The lowest BCUT2D eigenvalue weighted by Gasteiger charge is -2.38. The number of fused-ring (bicyclic) bond motifs is 1. The van der Waals surface area contributed by atoms with Gasteiger partial charge < -0.3 is 20.3 Å². The summed E-state index contributed by atoms with van der Waals surface area (Å²) in [5.74, 6) is -1.12. The zero-order valence-corrected chi connectivity index (χ0v) is 26.6. The average molecular weight is 641 g/mol. The first-order chi connectivity index (χ1) is 21.0. The Morgan fingerprint density at radius 3 is 2.16 bits per heavy atom. The first-order valence-corrected chi connectivity index (χ1v) is 15.5. The van der Waals surface area contributed by atoms with Crippen molar-refractivity contribution in [1.82, 2.24) is 9.32 Å². The topological polar surface area (TPSA) is 79.1 Å². The van der Waals surface area contributed by atoms with E-state index in [1.807, 2.05) is 49.5 Å². The smallest absolute Gasteiger partial charge is 0.266 e. The third kappa shape index (κ3) is 6.24. The van der Waals surface area contributed by atoms with E-state index in [0.717, 1.165) is 58.7 Å². The number of anilines is 2. The maximum Gasteiger partial charge on any atom is 0.266 e. The summed E-state index contributed by atoms with van der Waals surface area (Å²) in [5.41, 5.74) is 9.66. The Kier molecular flexibility index (Phi) is 9.43. The first kappa shape index (κ1) is 31.7. The van der Waals surface area contributed by atoms with Crippen molar-refractivity contribution in [3.63, 3.8) is 0 Å². The van der Waals surface area contributed by atoms with Gasteiger partial charge in [-0.1, -0.05) is 18.2 Å². The van der Waals surface area contributed by atoms with Gasteiger partial charge in [0.2, 0.25) is 5.91 Å². The van der Waals surface area contributed by atoms with Crippen LogP contribution in [0.3, 0.4) is 0 Å². The molecule has 232 valence electrons. The molecule has 0 atom stereocenters. The Morgan fingerprint density at radius 1 is 0.955 bits per heavy atom. The Morgan fingerprint density at radius 2 is 1.57 bits per heavy atom. The van der Waals surface area contributed by atoms with Crippen molar-refractivity contribution in [3.8, 4) is 16.9 Å². The number of carbonyl (C=O) groups is 2. The number of ether oxygens (including phenoxy) is 1. The van der Waals surface area contributed by atoms with E-state index in [-0.39, 0.29) is 51.1 Å². The standard InChI is InChI=1S/C33H35ClF2N4O3S/c1-19(41)38(2)23-8-5-20(6-9-23)21-7-16-28(43-4)22(17-21)18-40(25-12-10-24(11-13-25)39(3)34)33(42)32-30(37)29-26(35)14-15-27(36)31(29)44-32/h5-9,14-17,24-25H,10-13,18,37H2,1-4H3/t24-,25-. The molecular weight excluding hydrogens is 606 g/mol. The summed E-state index contributed by atoms with van der Waals surface area (Å²) in [6.07, 6.45) is 2.98. The van der Waals surface area contributed by atoms with Crippen molar-refractivity contribution in [2.75, 3.05) is 31.8 Å². The second-order valence-corrected chi connectivity index (χ2v) is 12.7. The van der Waals surface area contributed by atoms with Gasteiger partial charge in [-0.2, -0.15) is 0 Å². The molecule has 0 unspecified atom stereocenters. The van der Waals surface area contributed by atoms with Crippen molar-refractivity contribution in [2.45, 2.75) is 51.2 Å². The van der Waals surface area contributed by atoms with Gasteiger partial charge >= 0.3 is 0 Å². The van der Waals surface area contributed by atoms with Gasteiger partial charge in [0.1, 0.15) is 22.3 Å². The van der Waals surface area contributed by atoms with Crippen LogP contribution >= 0.6 is 23.1 Å². The molecule has 1 aliphatic carbocycles. The predicted octanol–water partition coefficient (Wildman–Crippen LogP) is 7.46. The molecule has 0 bridgehead atoms. The van der Waals surface area contributed by atoms with Gasteiger partial charge in [0.25, 0.3) is 5.91 Å². The summed E-state index contributed by atoms with van der Waals surface area (Å²) >= 11 is 7.13. The molecule has 0 radical (unpaired) electrons. The molecule has 1 saturated carbocycles. The summed E-state index contributed by atoms with van der Waals surface area (Å²) in [5, 5.41) is -0.0655. The minimum atomic E-state index is -0.665. The van der Waals surface area contributed by atoms with Crippen LogP contribution in [0.2, 0.25) is 0 Å². The average Bonchev–Trinajstić information content (AvgIpc) is 3.39. The molecule has 5 rings (SSSR count). The number of benzene rings is 3. The number of nitrogens with zero attached hydrogens (tertiary/aromatic N) is 3. The van der Waals surface area contributed by atoms with Crippen LogP contribution < -0.4 is 15.4 Å². The second-order valence-electron chi connectivity index (χ2n) is 11.1. The molecule has 44 heavy (non-hydrogen) atoms. The second kappa shape index (κ2) is 13.1. The number of rotatable bonds is 8. The molecule has 11 heteroatoms. The van der Waals surface area contributed by atoms with Crippen LogP contribution in [0.25, 0.3) is 21.2 Å². The molecule has 1 aromatic heterocycles. The molecular formula is C33H35ClF2N4O3S. The fourth-order valence-corrected chi connectivity index (χ4v) is 7.15. The highest BCUT2D eigenvalue weighted by Gasteiger charge is 2.34. The number of thiophene rings is 1. The van der Waals surface area contributed by atoms with Gasteiger partial charge in [0.15, 0.2) is 0 Å². The van der Waals surface area contributed by atoms with E-state index in [4.69, 9.17) is 22.2 Å². The number of nitrogen functional groups attached to an aromatic ring is 1. The molecule has 7 nitrogen and oxygen atoms in total. The van der Waals surface area contributed by atoms with Gasteiger partial charge in [-0.15, -0.1) is 11.3 Å². The van der Waals surface area contributed by atoms with Crippen molar-refractivity contribution in [2.24, 2.45) is 0 Å². The molecule has 2 N–H and O–H groups in total. The lowest BCUT2D eigenvalue weighted by atomic mass is 9.89.